The minimum absolute atomic E-state index is 0. The molecule has 3 radical (unpaired) electrons. The summed E-state index contributed by atoms with van der Waals surface area (Å²) in [6.07, 6.45) is -3.51. The van der Waals surface area contributed by atoms with Gasteiger partial charge >= 0.3 is 0 Å². The molecule has 0 fully saturated rings. The maximum absolute atomic E-state index is 12.5. The van der Waals surface area contributed by atoms with Crippen molar-refractivity contribution in [1.82, 2.24) is 15.0 Å². The van der Waals surface area contributed by atoms with E-state index >= 15 is 0 Å². The van der Waals surface area contributed by atoms with Crippen molar-refractivity contribution in [2.24, 2.45) is 22.6 Å². The maximum Gasteiger partial charge on any atom is 0.164 e. The number of hydrogen-bond acceptors (Lipinski definition) is 9. The number of ketones is 3. The van der Waals surface area contributed by atoms with Crippen molar-refractivity contribution in [1.29, 1.82) is 0 Å². The zero-order chi connectivity index (χ0) is 119. The zero-order valence-electron chi connectivity index (χ0n) is 108. The van der Waals surface area contributed by atoms with Crippen LogP contribution >= 0.6 is 0 Å². The molecule has 3 N–H and O–H groups in total. The van der Waals surface area contributed by atoms with Crippen LogP contribution in [0.2, 0.25) is 58.5 Å². The average Bonchev–Trinajstić information content (AvgIpc) is 0.724. The molecular formula is C105H126Ir3N3O6Si3-3. The van der Waals surface area contributed by atoms with Gasteiger partial charge in [-0.25, -0.2) is 0 Å². The average molecular weight is 2230 g/mol. The van der Waals surface area contributed by atoms with Gasteiger partial charge in [0.1, 0.15) is 5.76 Å². The van der Waals surface area contributed by atoms with Crippen molar-refractivity contribution in [2.45, 2.75) is 196 Å². The summed E-state index contributed by atoms with van der Waals surface area (Å²) < 4.78 is 292. The Labute approximate surface area is 815 Å². The van der Waals surface area contributed by atoms with Crippen molar-refractivity contribution in [3.63, 3.8) is 0 Å². The number of aromatic nitrogens is 3. The van der Waals surface area contributed by atoms with Crippen LogP contribution in [0.5, 0.6) is 0 Å². The predicted octanol–water partition coefficient (Wildman–Crippen LogP) is 26.8. The van der Waals surface area contributed by atoms with Crippen LogP contribution in [0.4, 0.5) is 0 Å². The number of rotatable bonds is 16. The molecule has 0 aliphatic carbocycles. The fourth-order valence-electron chi connectivity index (χ4n) is 11.7. The molecule has 3 heterocycles. The molecule has 0 unspecified atom stereocenters. The summed E-state index contributed by atoms with van der Waals surface area (Å²) in [7, 11) is -11.7. The molecule has 639 valence electrons. The van der Waals surface area contributed by atoms with E-state index in [1.165, 1.54) is 47.3 Å². The molecule has 12 rings (SSSR count). The molecule has 0 atom stereocenters. The summed E-state index contributed by atoms with van der Waals surface area (Å²) >= 11 is 0. The van der Waals surface area contributed by atoms with Gasteiger partial charge in [-0.3, -0.25) is 29.3 Å². The number of carbonyl (C=O) groups is 3. The van der Waals surface area contributed by atoms with Crippen LogP contribution in [0.3, 0.4) is 0 Å². The van der Waals surface area contributed by atoms with Gasteiger partial charge in [0.15, 0.2) is 17.3 Å². The first kappa shape index (κ1) is 58.5. The van der Waals surface area contributed by atoms with E-state index < -0.39 is 173 Å². The largest absolute Gasteiger partial charge is 0.512 e. The summed E-state index contributed by atoms with van der Waals surface area (Å²) in [5.74, 6) is -9.54. The van der Waals surface area contributed by atoms with E-state index in [4.69, 9.17) is 72.1 Å². The van der Waals surface area contributed by atoms with E-state index in [1.54, 1.807) is 54.6 Å². The molecule has 0 saturated heterocycles. The summed E-state index contributed by atoms with van der Waals surface area (Å²) in [4.78, 5) is 49.4. The zero-order valence-corrected chi connectivity index (χ0v) is 80.2. The van der Waals surface area contributed by atoms with E-state index in [0.29, 0.717) is 52.0 Å². The van der Waals surface area contributed by atoms with Crippen LogP contribution in [0, 0.1) is 82.4 Å². The number of carbonyl (C=O) groups excluding carboxylic acids is 3. The van der Waals surface area contributed by atoms with Crippen molar-refractivity contribution in [3.05, 3.63) is 287 Å². The quantitative estimate of drug-likeness (QED) is 0.0372. The Morgan fingerprint density at radius 2 is 0.767 bits per heavy atom. The number of fused-ring (bicyclic) bond motifs is 3. The molecule has 3 aromatic heterocycles. The Hall–Kier alpha value is -8.56. The number of allylic oxidation sites excluding steroid dienone is 6. The van der Waals surface area contributed by atoms with Gasteiger partial charge in [0.05, 0.1) is 55.0 Å². The SMILES string of the molecule is [2H]C(C(=O)C(C)(C([2H])([2H])[2H])C([2H])([2H])[2H])=C(O)C(C)(C([2H])([2H])[2H])C([2H])([2H])[2H].[2H]C(C(=O)C([2H])(C)C)=C(O)C([2H])(C)C.[2H]C([2H])(C)C(=O)C=C(O)C([2H])([2H])C.[2H]C([2H])([2H])[Si](C)(c1ccc2nc(-c3[c-]c(C)cc(C)c3)cc(-c3ccccc3)c2c1)C([2H])([2H])[2H].[2H]C([2H])([2H])[Si](C)(c1ccc2nc(-c3[c-]c(C)cc(C)c3)cc(-c3ccccc3)c2c1)C([2H])([2H])[2H].[2H]C([2H])([2H])[Si](C)(c1ccc2nc(-c3[c-]c(C)cc(C)c3)cc(-c3ccccc3)c2c1)C([2H])([2H])[2H].[Ir].[Ir].[Ir]. The predicted molar refractivity (Wildman–Crippen MR) is 508 cm³/mol. The van der Waals surface area contributed by atoms with Crippen LogP contribution in [-0.2, 0) is 74.7 Å². The van der Waals surface area contributed by atoms with Crippen LogP contribution in [0.1, 0.15) is 181 Å². The van der Waals surface area contributed by atoms with Gasteiger partial charge < -0.3 is 15.3 Å². The summed E-state index contributed by atoms with van der Waals surface area (Å²) in [5.41, 5.74) is 12.6. The third kappa shape index (κ3) is 30.8. The first-order valence-electron chi connectivity index (χ1n) is 56.3. The van der Waals surface area contributed by atoms with E-state index in [2.05, 4.69) is 36.4 Å². The molecule has 120 heavy (non-hydrogen) atoms. The number of aliphatic hydroxyl groups is 3. The van der Waals surface area contributed by atoms with Gasteiger partial charge in [-0.1, -0.05) is 344 Å². The van der Waals surface area contributed by atoms with Crippen LogP contribution in [-0.4, -0.2) is 71.8 Å². The second-order valence-corrected chi connectivity index (χ2v) is 38.3. The molecule has 0 aliphatic heterocycles. The number of aliphatic hydroxyl groups excluding tert-OH is 3. The fourth-order valence-corrected chi connectivity index (χ4v) is 14.2. The molecule has 0 bridgehead atoms. The molecule has 0 amide bonds. The number of aryl methyl sites for hydroxylation is 6. The minimum atomic E-state index is -3.90. The Balaban J connectivity index is 0.000000405. The molecule has 9 nitrogen and oxygen atoms in total. The van der Waals surface area contributed by atoms with Gasteiger partial charge in [-0.05, 0) is 68.7 Å². The van der Waals surface area contributed by atoms with E-state index in [-0.39, 0.29) is 60.3 Å². The molecular weight excluding hydrogens is 2060 g/mol. The third-order valence-electron chi connectivity index (χ3n) is 17.8. The smallest absolute Gasteiger partial charge is 0.164 e. The Morgan fingerprint density at radius 3 is 1.02 bits per heavy atom. The third-order valence-corrected chi connectivity index (χ3v) is 22.2. The van der Waals surface area contributed by atoms with Crippen molar-refractivity contribution < 1.29 is 142 Å². The summed E-state index contributed by atoms with van der Waals surface area (Å²) in [5, 5.41) is 31.9. The fraction of sp³-hybridized carbons (Fsp3) is 0.314. The maximum atomic E-state index is 12.5. The van der Waals surface area contributed by atoms with Crippen molar-refractivity contribution in [2.75, 3.05) is 0 Å². The Morgan fingerprint density at radius 1 is 0.450 bits per heavy atom. The second-order valence-electron chi connectivity index (χ2n) is 29.8. The summed E-state index contributed by atoms with van der Waals surface area (Å²) in [6.45, 7) is -4.17. The summed E-state index contributed by atoms with van der Waals surface area (Å²) in [6, 6.07) is 70.8. The normalized spacial score (nSPS) is 18.1. The van der Waals surface area contributed by atoms with E-state index in [1.807, 2.05) is 169 Å². The van der Waals surface area contributed by atoms with Gasteiger partial charge in [0, 0.05) is 179 Å². The standard InChI is InChI=1S/3C26H26NSi.C11H20O2.C9H16O2.C7H12O2.3Ir/c3*1-18-13-19(2)15-21(14-18)26-17-23(20-9-7-6-8-10-20)24-16-22(28(3,4)5)11-12-25(24)27-26;1-10(2,3)8(12)7-9(13)11(4,5)6;1-6(2)8(10)5-9(11)7(3)4;1-3-6(8)5-7(9)4-2;;;/h3*6-14,16-17H,1-5H3;7,12H,1-6H3;5-7,10H,1-4H3;5,8H,3-4H2,1-2H3;;;/q3*-1;;;;;;/i3*3D3,4D3;1D3,2D3,4D3,5D3,7D;5D,6D,7D;3D2,4D2;;;. The van der Waals surface area contributed by atoms with Crippen LogP contribution < -0.4 is 15.6 Å². The monoisotopic (exact) mass is 2230 g/mol. The topological polar surface area (TPSA) is 151 Å². The molecule has 0 saturated carbocycles. The van der Waals surface area contributed by atoms with Gasteiger partial charge in [0.25, 0.3) is 0 Å². The van der Waals surface area contributed by atoms with Crippen LogP contribution in [0.15, 0.2) is 236 Å². The number of pyridine rings is 3. The molecule has 15 heteroatoms. The Kier molecular flexibility index (Phi) is 22.2. The Bertz CT molecular complexity index is 6610. The van der Waals surface area contributed by atoms with E-state index in [9.17, 15) is 24.6 Å². The minimum Gasteiger partial charge on any atom is -0.512 e. The molecule has 0 aliphatic rings. The van der Waals surface area contributed by atoms with Crippen molar-refractivity contribution >= 4 is 89.8 Å². The number of nitrogens with zero attached hydrogens (tertiary/aromatic N) is 3. The first-order chi connectivity index (χ1) is 69.9. The van der Waals surface area contributed by atoms with Gasteiger partial charge in [0.2, 0.25) is 0 Å². The number of benzene rings is 9. The number of hydrogen-bond donors (Lipinski definition) is 3. The molecule has 9 aromatic carbocycles. The van der Waals surface area contributed by atoms with Crippen LogP contribution in [0.25, 0.3) is 99.9 Å². The molecule has 12 aromatic rings. The van der Waals surface area contributed by atoms with E-state index in [0.717, 1.165) is 131 Å². The van der Waals surface area contributed by atoms with Gasteiger partial charge in [-0.15, -0.1) is 105 Å². The molecule has 0 spiro atoms. The second kappa shape index (κ2) is 45.5. The van der Waals surface area contributed by atoms with Crippen molar-refractivity contribution in [3.8, 4) is 67.2 Å². The first-order valence-corrected chi connectivity index (χ1v) is 44.8. The van der Waals surface area contributed by atoms with Gasteiger partial charge in [-0.2, -0.15) is 0 Å².